The molecule has 2 aliphatic rings. The summed E-state index contributed by atoms with van der Waals surface area (Å²) in [5.41, 5.74) is 3.75. The van der Waals surface area contributed by atoms with E-state index in [1.165, 1.54) is 36.9 Å². The molecular weight excluding hydrogens is 262 g/mol. The normalized spacial score (nSPS) is 19.9. The maximum absolute atomic E-state index is 12.7. The smallest absolute Gasteiger partial charge is 0.255 e. The molecule has 1 aliphatic carbocycles. The van der Waals surface area contributed by atoms with Gasteiger partial charge in [0.15, 0.2) is 0 Å². The SMILES string of the molecule is CCn1c2c(cc(CNC3CCCC3)c1=O)CN(C)CC2. The Bertz CT molecular complexity index is 558. The van der Waals surface area contributed by atoms with E-state index < -0.39 is 0 Å². The highest BCUT2D eigenvalue weighted by atomic mass is 16.1. The number of aromatic nitrogens is 1. The zero-order valence-corrected chi connectivity index (χ0v) is 13.3. The third kappa shape index (κ3) is 3.06. The molecule has 0 saturated heterocycles. The standard InChI is InChI=1S/C17H27N3O/c1-3-20-16-8-9-19(2)12-14(16)10-13(17(20)21)11-18-15-6-4-5-7-15/h10,15,18H,3-9,11-12H2,1-2H3. The van der Waals surface area contributed by atoms with Gasteiger partial charge in [-0.15, -0.1) is 0 Å². The van der Waals surface area contributed by atoms with Crippen molar-refractivity contribution in [3.05, 3.63) is 33.2 Å². The molecule has 1 aliphatic heterocycles. The number of likely N-dealkylation sites (N-methyl/N-ethyl adjacent to an activating group) is 1. The lowest BCUT2D eigenvalue weighted by Crippen LogP contribution is -2.37. The molecule has 0 bridgehead atoms. The Morgan fingerprint density at radius 2 is 2.10 bits per heavy atom. The van der Waals surface area contributed by atoms with Crippen molar-refractivity contribution in [3.63, 3.8) is 0 Å². The molecule has 1 aromatic rings. The Labute approximate surface area is 127 Å². The summed E-state index contributed by atoms with van der Waals surface area (Å²) in [6.07, 6.45) is 6.16. The molecule has 1 saturated carbocycles. The van der Waals surface area contributed by atoms with Gasteiger partial charge in [0.25, 0.3) is 5.56 Å². The van der Waals surface area contributed by atoms with Gasteiger partial charge < -0.3 is 14.8 Å². The van der Waals surface area contributed by atoms with Crippen LogP contribution in [0.1, 0.15) is 49.4 Å². The molecule has 0 spiro atoms. The highest BCUT2D eigenvalue weighted by Crippen LogP contribution is 2.20. The van der Waals surface area contributed by atoms with Crippen molar-refractivity contribution in [3.8, 4) is 0 Å². The summed E-state index contributed by atoms with van der Waals surface area (Å²) in [5, 5.41) is 3.58. The summed E-state index contributed by atoms with van der Waals surface area (Å²) >= 11 is 0. The largest absolute Gasteiger partial charge is 0.312 e. The molecule has 0 unspecified atom stereocenters. The van der Waals surface area contributed by atoms with Crippen LogP contribution in [-0.2, 0) is 26.1 Å². The van der Waals surface area contributed by atoms with E-state index in [1.54, 1.807) is 0 Å². The topological polar surface area (TPSA) is 37.3 Å². The Hall–Kier alpha value is -1.13. The molecule has 116 valence electrons. The van der Waals surface area contributed by atoms with Gasteiger partial charge in [-0.05, 0) is 38.4 Å². The Morgan fingerprint density at radius 1 is 1.33 bits per heavy atom. The van der Waals surface area contributed by atoms with E-state index >= 15 is 0 Å². The fourth-order valence-corrected chi connectivity index (χ4v) is 3.77. The Morgan fingerprint density at radius 3 is 2.81 bits per heavy atom. The van der Waals surface area contributed by atoms with Crippen molar-refractivity contribution in [2.24, 2.45) is 0 Å². The minimum atomic E-state index is 0.214. The number of nitrogens with zero attached hydrogens (tertiary/aromatic N) is 2. The molecule has 2 heterocycles. The predicted octanol–water partition coefficient (Wildman–Crippen LogP) is 1.89. The van der Waals surface area contributed by atoms with Crippen molar-refractivity contribution >= 4 is 0 Å². The molecule has 1 N–H and O–H groups in total. The van der Waals surface area contributed by atoms with Gasteiger partial charge >= 0.3 is 0 Å². The van der Waals surface area contributed by atoms with Crippen molar-refractivity contribution < 1.29 is 0 Å². The van der Waals surface area contributed by atoms with Crippen LogP contribution >= 0.6 is 0 Å². The van der Waals surface area contributed by atoms with Crippen LogP contribution in [0, 0.1) is 0 Å². The highest BCUT2D eigenvalue weighted by molar-refractivity contribution is 5.29. The van der Waals surface area contributed by atoms with E-state index in [-0.39, 0.29) is 5.56 Å². The molecule has 0 amide bonds. The van der Waals surface area contributed by atoms with E-state index in [1.807, 2.05) is 4.57 Å². The minimum absolute atomic E-state index is 0.214. The van der Waals surface area contributed by atoms with Gasteiger partial charge in [-0.1, -0.05) is 12.8 Å². The zero-order valence-electron chi connectivity index (χ0n) is 13.3. The maximum Gasteiger partial charge on any atom is 0.255 e. The quantitative estimate of drug-likeness (QED) is 0.920. The first kappa shape index (κ1) is 14.8. The summed E-state index contributed by atoms with van der Waals surface area (Å²) in [7, 11) is 2.15. The molecule has 3 rings (SSSR count). The lowest BCUT2D eigenvalue weighted by molar-refractivity contribution is 0.304. The third-order valence-corrected chi connectivity index (χ3v) is 4.99. The molecule has 1 aromatic heterocycles. The first-order valence-electron chi connectivity index (χ1n) is 8.35. The average molecular weight is 289 g/mol. The van der Waals surface area contributed by atoms with Crippen molar-refractivity contribution in [1.82, 2.24) is 14.8 Å². The minimum Gasteiger partial charge on any atom is -0.312 e. The highest BCUT2D eigenvalue weighted by Gasteiger charge is 2.20. The zero-order chi connectivity index (χ0) is 14.8. The number of hydrogen-bond donors (Lipinski definition) is 1. The molecule has 4 nitrogen and oxygen atoms in total. The van der Waals surface area contributed by atoms with Gasteiger partial charge in [-0.3, -0.25) is 4.79 Å². The van der Waals surface area contributed by atoms with Crippen molar-refractivity contribution in [2.45, 2.75) is 64.7 Å². The van der Waals surface area contributed by atoms with E-state index in [9.17, 15) is 4.79 Å². The summed E-state index contributed by atoms with van der Waals surface area (Å²) in [6, 6.07) is 2.76. The van der Waals surface area contributed by atoms with Crippen LogP contribution in [-0.4, -0.2) is 29.1 Å². The van der Waals surface area contributed by atoms with Gasteiger partial charge in [-0.2, -0.15) is 0 Å². The summed E-state index contributed by atoms with van der Waals surface area (Å²) in [6.45, 7) is 5.59. The van der Waals surface area contributed by atoms with Crippen molar-refractivity contribution in [2.75, 3.05) is 13.6 Å². The van der Waals surface area contributed by atoms with Crippen LogP contribution in [0.5, 0.6) is 0 Å². The molecule has 0 radical (unpaired) electrons. The average Bonchev–Trinajstić information content (AvgIpc) is 2.99. The second-order valence-corrected chi connectivity index (χ2v) is 6.54. The van der Waals surface area contributed by atoms with Crippen LogP contribution in [0.3, 0.4) is 0 Å². The molecule has 1 fully saturated rings. The molecule has 0 atom stereocenters. The van der Waals surface area contributed by atoms with Gasteiger partial charge in [0.1, 0.15) is 0 Å². The summed E-state index contributed by atoms with van der Waals surface area (Å²) in [5.74, 6) is 0. The van der Waals surface area contributed by atoms with Gasteiger partial charge in [0.05, 0.1) is 0 Å². The van der Waals surface area contributed by atoms with Crippen LogP contribution in [0.25, 0.3) is 0 Å². The molecule has 21 heavy (non-hydrogen) atoms. The van der Waals surface area contributed by atoms with Crippen LogP contribution in [0.15, 0.2) is 10.9 Å². The van der Waals surface area contributed by atoms with E-state index in [4.69, 9.17) is 0 Å². The number of rotatable bonds is 4. The van der Waals surface area contributed by atoms with Gasteiger partial charge in [0, 0.05) is 49.9 Å². The Balaban J connectivity index is 1.85. The molecular formula is C17H27N3O. The fourth-order valence-electron chi connectivity index (χ4n) is 3.77. The summed E-state index contributed by atoms with van der Waals surface area (Å²) < 4.78 is 1.99. The molecule has 4 heteroatoms. The lowest BCUT2D eigenvalue weighted by Gasteiger charge is -2.28. The van der Waals surface area contributed by atoms with Crippen LogP contribution in [0.2, 0.25) is 0 Å². The second kappa shape index (κ2) is 6.32. The predicted molar refractivity (Wildman–Crippen MR) is 85.5 cm³/mol. The summed E-state index contributed by atoms with van der Waals surface area (Å²) in [4.78, 5) is 15.0. The van der Waals surface area contributed by atoms with E-state index in [0.29, 0.717) is 6.04 Å². The van der Waals surface area contributed by atoms with Crippen LogP contribution < -0.4 is 10.9 Å². The first-order chi connectivity index (χ1) is 10.2. The van der Waals surface area contributed by atoms with Gasteiger partial charge in [0.2, 0.25) is 0 Å². The fraction of sp³-hybridized carbons (Fsp3) is 0.706. The number of nitrogens with one attached hydrogen (secondary N) is 1. The number of pyridine rings is 1. The third-order valence-electron chi connectivity index (χ3n) is 4.99. The van der Waals surface area contributed by atoms with E-state index in [2.05, 4.69) is 30.3 Å². The number of hydrogen-bond acceptors (Lipinski definition) is 3. The van der Waals surface area contributed by atoms with E-state index in [0.717, 1.165) is 38.2 Å². The molecule has 0 aromatic carbocycles. The lowest BCUT2D eigenvalue weighted by atomic mass is 10.0. The number of fused-ring (bicyclic) bond motifs is 1. The monoisotopic (exact) mass is 289 g/mol. The Kier molecular flexibility index (Phi) is 4.45. The maximum atomic E-state index is 12.7. The van der Waals surface area contributed by atoms with Crippen molar-refractivity contribution in [1.29, 1.82) is 0 Å². The second-order valence-electron chi connectivity index (χ2n) is 6.54. The van der Waals surface area contributed by atoms with Gasteiger partial charge in [-0.25, -0.2) is 0 Å². The first-order valence-corrected chi connectivity index (χ1v) is 8.35. The van der Waals surface area contributed by atoms with Crippen LogP contribution in [0.4, 0.5) is 0 Å².